The predicted molar refractivity (Wildman–Crippen MR) is 162 cm³/mol. The van der Waals surface area contributed by atoms with Gasteiger partial charge in [-0.1, -0.05) is 84.5 Å². The van der Waals surface area contributed by atoms with Gasteiger partial charge in [-0.3, -0.25) is 9.69 Å². The quantitative estimate of drug-likeness (QED) is 0.201. The molecule has 0 radical (unpaired) electrons. The monoisotopic (exact) mass is 587 g/mol. The number of aliphatic carboxylic acids is 1. The van der Waals surface area contributed by atoms with Crippen molar-refractivity contribution in [2.24, 2.45) is 5.41 Å². The zero-order valence-corrected chi connectivity index (χ0v) is 24.6. The first-order valence-electron chi connectivity index (χ1n) is 14.4. The van der Waals surface area contributed by atoms with Gasteiger partial charge in [-0.05, 0) is 78.8 Å². The molecular formula is C36H36F3NO3. The molecule has 224 valence electrons. The van der Waals surface area contributed by atoms with Crippen LogP contribution in [0.2, 0.25) is 0 Å². The number of hydrogen-bond acceptors (Lipinski definition) is 3. The second-order valence-electron chi connectivity index (χ2n) is 12.1. The maximum atomic E-state index is 13.2. The van der Waals surface area contributed by atoms with Gasteiger partial charge in [0.1, 0.15) is 5.76 Å². The van der Waals surface area contributed by atoms with Crippen molar-refractivity contribution in [1.29, 1.82) is 0 Å². The Hall–Kier alpha value is -4.10. The summed E-state index contributed by atoms with van der Waals surface area (Å²) in [5, 5.41) is 11.8. The molecular weight excluding hydrogens is 551 g/mol. The summed E-state index contributed by atoms with van der Waals surface area (Å²) in [4.78, 5) is 13.7. The van der Waals surface area contributed by atoms with Crippen LogP contribution < -0.4 is 0 Å². The Labute approximate surface area is 250 Å². The molecule has 1 aliphatic carbocycles. The SMILES string of the molecule is Cc1ccc2ccccc2c1CN(Cc1ccc(C2C=CC=C(CC(C)(C)C(=O)O)C2)cc1)Cc1ccc(C(F)(F)F)o1. The van der Waals surface area contributed by atoms with Gasteiger partial charge in [0, 0.05) is 19.0 Å². The Balaban J connectivity index is 1.36. The predicted octanol–water partition coefficient (Wildman–Crippen LogP) is 9.43. The topological polar surface area (TPSA) is 53.7 Å². The van der Waals surface area contributed by atoms with Crippen LogP contribution in [0.1, 0.15) is 66.4 Å². The summed E-state index contributed by atoms with van der Waals surface area (Å²) in [5.74, 6) is -1.39. The molecule has 0 spiro atoms. The average Bonchev–Trinajstić information content (AvgIpc) is 3.44. The van der Waals surface area contributed by atoms with Crippen LogP contribution >= 0.6 is 0 Å². The molecule has 1 aliphatic rings. The number of hydrogen-bond donors (Lipinski definition) is 1. The minimum absolute atomic E-state index is 0.150. The maximum Gasteiger partial charge on any atom is 0.449 e. The minimum Gasteiger partial charge on any atom is -0.481 e. The summed E-state index contributed by atoms with van der Waals surface area (Å²) < 4.78 is 45.0. The molecule has 3 aromatic carbocycles. The number of carbonyl (C=O) groups is 1. The highest BCUT2D eigenvalue weighted by Gasteiger charge is 2.35. The standard InChI is InChI=1S/C36H36F3NO3/c1-24-11-14-28-8-4-5-10-31(28)32(24)23-40(22-30-17-18-33(43-30)36(37,38)39)21-25-12-15-27(16-13-25)29-9-6-7-26(19-29)20-35(2,3)34(41)42/h4-18,29H,19-23H2,1-3H3,(H,41,42). The Bertz CT molecular complexity index is 1660. The number of nitrogens with zero attached hydrogens (tertiary/aromatic N) is 1. The third kappa shape index (κ3) is 7.28. The van der Waals surface area contributed by atoms with E-state index >= 15 is 0 Å². The number of benzene rings is 3. The number of allylic oxidation sites excluding steroid dienone is 4. The first kappa shape index (κ1) is 30.4. The van der Waals surface area contributed by atoms with Crippen molar-refractivity contribution in [2.75, 3.05) is 0 Å². The molecule has 0 fully saturated rings. The number of alkyl halides is 3. The van der Waals surface area contributed by atoms with Gasteiger partial charge in [-0.25, -0.2) is 0 Å². The molecule has 1 aromatic heterocycles. The van der Waals surface area contributed by atoms with Crippen molar-refractivity contribution in [3.63, 3.8) is 0 Å². The summed E-state index contributed by atoms with van der Waals surface area (Å²) in [7, 11) is 0. The van der Waals surface area contributed by atoms with Crippen LogP contribution in [0.4, 0.5) is 13.2 Å². The second-order valence-corrected chi connectivity index (χ2v) is 12.1. The van der Waals surface area contributed by atoms with Crippen LogP contribution in [-0.2, 0) is 30.6 Å². The number of rotatable bonds is 10. The van der Waals surface area contributed by atoms with E-state index in [0.717, 1.165) is 51.1 Å². The fourth-order valence-electron chi connectivity index (χ4n) is 5.76. The van der Waals surface area contributed by atoms with Gasteiger partial charge in [0.15, 0.2) is 0 Å². The molecule has 7 heteroatoms. The lowest BCUT2D eigenvalue weighted by Crippen LogP contribution is -2.24. The largest absolute Gasteiger partial charge is 0.481 e. The van der Waals surface area contributed by atoms with E-state index in [2.05, 4.69) is 66.4 Å². The third-order valence-corrected chi connectivity index (χ3v) is 8.20. The van der Waals surface area contributed by atoms with Crippen molar-refractivity contribution in [3.05, 3.63) is 130 Å². The van der Waals surface area contributed by atoms with Crippen molar-refractivity contribution in [2.45, 2.75) is 65.3 Å². The normalized spacial score (nSPS) is 15.7. The van der Waals surface area contributed by atoms with E-state index in [1.807, 2.05) is 24.3 Å². The molecule has 1 N–H and O–H groups in total. The molecule has 0 saturated heterocycles. The number of furan rings is 1. The molecule has 1 unspecified atom stereocenters. The van der Waals surface area contributed by atoms with Gasteiger partial charge in [0.25, 0.3) is 0 Å². The fourth-order valence-corrected chi connectivity index (χ4v) is 5.76. The minimum atomic E-state index is -4.53. The highest BCUT2D eigenvalue weighted by atomic mass is 19.4. The van der Waals surface area contributed by atoms with Gasteiger partial charge in [0.05, 0.1) is 12.0 Å². The molecule has 4 aromatic rings. The number of fused-ring (bicyclic) bond motifs is 1. The number of carboxylic acids is 1. The first-order chi connectivity index (χ1) is 20.4. The van der Waals surface area contributed by atoms with Crippen LogP contribution in [0, 0.1) is 12.3 Å². The van der Waals surface area contributed by atoms with E-state index in [4.69, 9.17) is 4.42 Å². The lowest BCUT2D eigenvalue weighted by molar-refractivity contribution is -0.153. The molecule has 1 atom stereocenters. The van der Waals surface area contributed by atoms with Crippen LogP contribution in [0.3, 0.4) is 0 Å². The van der Waals surface area contributed by atoms with Crippen molar-refractivity contribution >= 4 is 16.7 Å². The first-order valence-corrected chi connectivity index (χ1v) is 14.4. The van der Waals surface area contributed by atoms with Crippen molar-refractivity contribution in [1.82, 2.24) is 4.90 Å². The lowest BCUT2D eigenvalue weighted by Gasteiger charge is -2.26. The van der Waals surface area contributed by atoms with E-state index in [-0.39, 0.29) is 18.2 Å². The molecule has 4 nitrogen and oxygen atoms in total. The molecule has 0 amide bonds. The van der Waals surface area contributed by atoms with Crippen LogP contribution in [0.25, 0.3) is 10.8 Å². The van der Waals surface area contributed by atoms with E-state index < -0.39 is 23.3 Å². The van der Waals surface area contributed by atoms with Gasteiger partial charge in [-0.2, -0.15) is 13.2 Å². The highest BCUT2D eigenvalue weighted by molar-refractivity contribution is 5.86. The molecule has 43 heavy (non-hydrogen) atoms. The molecule has 5 rings (SSSR count). The zero-order valence-electron chi connectivity index (χ0n) is 24.6. The number of halogens is 3. The van der Waals surface area contributed by atoms with E-state index in [9.17, 15) is 23.1 Å². The number of carboxylic acid groups (broad SMARTS) is 1. The molecule has 1 heterocycles. The third-order valence-electron chi connectivity index (χ3n) is 8.20. The zero-order chi connectivity index (χ0) is 30.8. The van der Waals surface area contributed by atoms with Gasteiger partial charge in [0.2, 0.25) is 5.76 Å². The second kappa shape index (κ2) is 12.3. The Morgan fingerprint density at radius 2 is 1.70 bits per heavy atom. The summed E-state index contributed by atoms with van der Waals surface area (Å²) in [5.41, 5.74) is 4.70. The molecule has 0 bridgehead atoms. The summed E-state index contributed by atoms with van der Waals surface area (Å²) in [6.07, 6.45) is 2.88. The maximum absolute atomic E-state index is 13.2. The van der Waals surface area contributed by atoms with Crippen LogP contribution in [-0.4, -0.2) is 16.0 Å². The van der Waals surface area contributed by atoms with Gasteiger partial charge < -0.3 is 9.52 Å². The Kier molecular flexibility index (Phi) is 8.65. The van der Waals surface area contributed by atoms with Crippen LogP contribution in [0.15, 0.2) is 101 Å². The van der Waals surface area contributed by atoms with Crippen molar-refractivity contribution < 1.29 is 27.5 Å². The van der Waals surface area contributed by atoms with Crippen molar-refractivity contribution in [3.8, 4) is 0 Å². The van der Waals surface area contributed by atoms with Crippen LogP contribution in [0.5, 0.6) is 0 Å². The summed E-state index contributed by atoms with van der Waals surface area (Å²) in [6.45, 7) is 6.83. The van der Waals surface area contributed by atoms with Gasteiger partial charge >= 0.3 is 12.1 Å². The number of aryl methyl sites for hydroxylation is 1. The molecule has 0 aliphatic heterocycles. The average molecular weight is 588 g/mol. The Morgan fingerprint density at radius 3 is 2.40 bits per heavy atom. The summed E-state index contributed by atoms with van der Waals surface area (Å²) >= 11 is 0. The Morgan fingerprint density at radius 1 is 0.953 bits per heavy atom. The van der Waals surface area contributed by atoms with E-state index in [0.29, 0.717) is 19.5 Å². The van der Waals surface area contributed by atoms with E-state index in [1.165, 1.54) is 6.07 Å². The highest BCUT2D eigenvalue weighted by Crippen LogP contribution is 2.36. The fraction of sp³-hybridized carbons (Fsp3) is 0.306. The van der Waals surface area contributed by atoms with Gasteiger partial charge in [-0.15, -0.1) is 0 Å². The summed E-state index contributed by atoms with van der Waals surface area (Å²) in [6, 6.07) is 23.0. The molecule has 0 saturated carbocycles. The van der Waals surface area contributed by atoms with E-state index in [1.54, 1.807) is 13.8 Å². The lowest BCUT2D eigenvalue weighted by atomic mass is 9.79. The smallest absolute Gasteiger partial charge is 0.449 e.